The van der Waals surface area contributed by atoms with Gasteiger partial charge in [0.1, 0.15) is 6.04 Å². The summed E-state index contributed by atoms with van der Waals surface area (Å²) in [7, 11) is 0. The summed E-state index contributed by atoms with van der Waals surface area (Å²) >= 11 is 3.39. The van der Waals surface area contributed by atoms with Crippen molar-refractivity contribution >= 4 is 21.8 Å². The van der Waals surface area contributed by atoms with Crippen LogP contribution in [0.1, 0.15) is 30.5 Å². The van der Waals surface area contributed by atoms with Crippen molar-refractivity contribution in [3.63, 3.8) is 0 Å². The third-order valence-electron chi connectivity index (χ3n) is 3.79. The lowest BCUT2D eigenvalue weighted by Gasteiger charge is -2.18. The number of hydrogen-bond acceptors (Lipinski definition) is 2. The van der Waals surface area contributed by atoms with Crippen LogP contribution in [0.4, 0.5) is 0 Å². The van der Waals surface area contributed by atoms with Gasteiger partial charge >= 0.3 is 0 Å². The van der Waals surface area contributed by atoms with Gasteiger partial charge in [-0.25, -0.2) is 0 Å². The molecule has 0 aliphatic heterocycles. The molecule has 1 amide bonds. The number of amides is 1. The molecule has 2 atom stereocenters. The van der Waals surface area contributed by atoms with Crippen molar-refractivity contribution in [1.82, 2.24) is 5.32 Å². The van der Waals surface area contributed by atoms with Crippen LogP contribution >= 0.6 is 15.9 Å². The number of nitriles is 1. The molecule has 118 valence electrons. The Morgan fingerprint density at radius 2 is 1.96 bits per heavy atom. The second kappa shape index (κ2) is 8.50. The highest BCUT2D eigenvalue weighted by Crippen LogP contribution is 2.19. The predicted octanol–water partition coefficient (Wildman–Crippen LogP) is 4.40. The fourth-order valence-corrected chi connectivity index (χ4v) is 2.87. The molecule has 0 radical (unpaired) electrons. The lowest BCUT2D eigenvalue weighted by atomic mass is 9.95. The topological polar surface area (TPSA) is 52.9 Å². The third-order valence-corrected chi connectivity index (χ3v) is 4.28. The first-order chi connectivity index (χ1) is 11.1. The second-order valence-electron chi connectivity index (χ2n) is 5.42. The van der Waals surface area contributed by atoms with Gasteiger partial charge in [0, 0.05) is 10.4 Å². The number of carbonyl (C=O) groups excluding carboxylic acids is 1. The van der Waals surface area contributed by atoms with Gasteiger partial charge in [0.25, 0.3) is 0 Å². The van der Waals surface area contributed by atoms with Crippen molar-refractivity contribution in [3.05, 3.63) is 70.2 Å². The quantitative estimate of drug-likeness (QED) is 0.818. The van der Waals surface area contributed by atoms with E-state index in [1.807, 2.05) is 61.5 Å². The molecule has 0 saturated carbocycles. The van der Waals surface area contributed by atoms with Gasteiger partial charge in [0.2, 0.25) is 5.91 Å². The molecule has 0 bridgehead atoms. The van der Waals surface area contributed by atoms with Crippen molar-refractivity contribution in [2.24, 2.45) is 5.92 Å². The highest BCUT2D eigenvalue weighted by molar-refractivity contribution is 9.10. The summed E-state index contributed by atoms with van der Waals surface area (Å²) in [6, 6.07) is 18.9. The first-order valence-corrected chi connectivity index (χ1v) is 8.42. The first kappa shape index (κ1) is 17.2. The van der Waals surface area contributed by atoms with Crippen molar-refractivity contribution in [2.45, 2.75) is 25.8 Å². The molecule has 0 heterocycles. The highest BCUT2D eigenvalue weighted by Gasteiger charge is 2.21. The number of carbonyl (C=O) groups is 1. The van der Waals surface area contributed by atoms with E-state index in [-0.39, 0.29) is 11.8 Å². The monoisotopic (exact) mass is 370 g/mol. The Bertz CT molecular complexity index is 694. The molecule has 0 aliphatic rings. The summed E-state index contributed by atoms with van der Waals surface area (Å²) in [6.45, 7) is 1.99. The van der Waals surface area contributed by atoms with Crippen LogP contribution < -0.4 is 5.32 Å². The minimum atomic E-state index is -0.634. The minimum Gasteiger partial charge on any atom is -0.336 e. The summed E-state index contributed by atoms with van der Waals surface area (Å²) in [4.78, 5) is 12.5. The molecule has 2 rings (SSSR count). The van der Waals surface area contributed by atoms with Gasteiger partial charge in [-0.15, -0.1) is 0 Å². The molecule has 2 unspecified atom stereocenters. The smallest absolute Gasteiger partial charge is 0.224 e. The molecule has 0 saturated heterocycles. The normalized spacial score (nSPS) is 12.9. The zero-order valence-corrected chi connectivity index (χ0v) is 14.6. The lowest BCUT2D eigenvalue weighted by molar-refractivity contribution is -0.125. The largest absolute Gasteiger partial charge is 0.336 e. The first-order valence-electron chi connectivity index (χ1n) is 7.63. The van der Waals surface area contributed by atoms with E-state index in [2.05, 4.69) is 27.3 Å². The van der Waals surface area contributed by atoms with E-state index in [0.717, 1.165) is 22.0 Å². The average Bonchev–Trinajstić information content (AvgIpc) is 2.58. The molecule has 0 aromatic heterocycles. The molecule has 4 heteroatoms. The fraction of sp³-hybridized carbons (Fsp3) is 0.263. The molecule has 2 aromatic carbocycles. The van der Waals surface area contributed by atoms with Gasteiger partial charge in [-0.2, -0.15) is 5.26 Å². The van der Waals surface area contributed by atoms with Gasteiger partial charge in [-0.1, -0.05) is 65.3 Å². The standard InChI is InChI=1S/C19H19BrN2O/c1-2-15(11-14-7-4-3-5-8-14)19(23)22-18(13-21)16-9-6-10-17(20)12-16/h3-10,12,15,18H,2,11H2,1H3,(H,22,23). The van der Waals surface area contributed by atoms with E-state index in [9.17, 15) is 10.1 Å². The third kappa shape index (κ3) is 4.94. The SMILES string of the molecule is CCC(Cc1ccccc1)C(=O)NC(C#N)c1cccc(Br)c1. The van der Waals surface area contributed by atoms with Gasteiger partial charge in [-0.3, -0.25) is 4.79 Å². The van der Waals surface area contributed by atoms with Crippen molar-refractivity contribution in [2.75, 3.05) is 0 Å². The van der Waals surface area contributed by atoms with E-state index < -0.39 is 6.04 Å². The van der Waals surface area contributed by atoms with Gasteiger partial charge in [0.15, 0.2) is 0 Å². The zero-order chi connectivity index (χ0) is 16.7. The average molecular weight is 371 g/mol. The Kier molecular flexibility index (Phi) is 6.37. The van der Waals surface area contributed by atoms with Crippen LogP contribution in [0.5, 0.6) is 0 Å². The zero-order valence-electron chi connectivity index (χ0n) is 13.0. The summed E-state index contributed by atoms with van der Waals surface area (Å²) in [5, 5.41) is 12.2. The molecule has 0 fully saturated rings. The van der Waals surface area contributed by atoms with Gasteiger partial charge in [0.05, 0.1) is 6.07 Å². The van der Waals surface area contributed by atoms with E-state index in [1.165, 1.54) is 0 Å². The second-order valence-corrected chi connectivity index (χ2v) is 6.34. The Hall–Kier alpha value is -2.12. The molecule has 0 aliphatic carbocycles. The number of hydrogen-bond donors (Lipinski definition) is 1. The Labute approximate surface area is 145 Å². The van der Waals surface area contributed by atoms with Crippen LogP contribution in [0.3, 0.4) is 0 Å². The van der Waals surface area contributed by atoms with Gasteiger partial charge in [-0.05, 0) is 36.1 Å². The number of halogens is 1. The summed E-state index contributed by atoms with van der Waals surface area (Å²) in [6.07, 6.45) is 1.41. The molecule has 1 N–H and O–H groups in total. The number of nitrogens with one attached hydrogen (secondary N) is 1. The Morgan fingerprint density at radius 3 is 2.57 bits per heavy atom. The summed E-state index contributed by atoms with van der Waals surface area (Å²) < 4.78 is 0.890. The van der Waals surface area contributed by atoms with E-state index in [4.69, 9.17) is 0 Å². The maximum Gasteiger partial charge on any atom is 0.224 e. The minimum absolute atomic E-state index is 0.0807. The van der Waals surface area contributed by atoms with Crippen molar-refractivity contribution in [1.29, 1.82) is 5.26 Å². The molecule has 2 aromatic rings. The van der Waals surface area contributed by atoms with Crippen LogP contribution in [0, 0.1) is 17.2 Å². The van der Waals surface area contributed by atoms with Crippen molar-refractivity contribution in [3.8, 4) is 6.07 Å². The number of benzene rings is 2. The maximum absolute atomic E-state index is 12.5. The molecule has 3 nitrogen and oxygen atoms in total. The van der Waals surface area contributed by atoms with E-state index >= 15 is 0 Å². The molecular weight excluding hydrogens is 352 g/mol. The number of rotatable bonds is 6. The van der Waals surface area contributed by atoms with E-state index in [1.54, 1.807) is 0 Å². The van der Waals surface area contributed by atoms with Crippen LogP contribution in [0.25, 0.3) is 0 Å². The Balaban J connectivity index is 2.07. The van der Waals surface area contributed by atoms with Gasteiger partial charge < -0.3 is 5.32 Å². The van der Waals surface area contributed by atoms with Crippen LogP contribution in [0.2, 0.25) is 0 Å². The summed E-state index contributed by atoms with van der Waals surface area (Å²) in [5.74, 6) is -0.219. The van der Waals surface area contributed by atoms with Crippen LogP contribution in [-0.4, -0.2) is 5.91 Å². The fourth-order valence-electron chi connectivity index (χ4n) is 2.46. The molecular formula is C19H19BrN2O. The predicted molar refractivity (Wildman–Crippen MR) is 94.6 cm³/mol. The van der Waals surface area contributed by atoms with E-state index in [0.29, 0.717) is 6.42 Å². The molecule has 0 spiro atoms. The highest BCUT2D eigenvalue weighted by atomic mass is 79.9. The summed E-state index contributed by atoms with van der Waals surface area (Å²) in [5.41, 5.74) is 1.91. The van der Waals surface area contributed by atoms with Crippen LogP contribution in [-0.2, 0) is 11.2 Å². The maximum atomic E-state index is 12.5. The number of nitrogens with zero attached hydrogens (tertiary/aromatic N) is 1. The van der Waals surface area contributed by atoms with Crippen molar-refractivity contribution < 1.29 is 4.79 Å². The lowest BCUT2D eigenvalue weighted by Crippen LogP contribution is -2.34. The van der Waals surface area contributed by atoms with Crippen LogP contribution in [0.15, 0.2) is 59.1 Å². The Morgan fingerprint density at radius 1 is 1.22 bits per heavy atom. The molecule has 23 heavy (non-hydrogen) atoms.